The lowest BCUT2D eigenvalue weighted by molar-refractivity contribution is -0.266. The smallest absolute Gasteiger partial charge is 0.319 e. The Kier molecular flexibility index (Phi) is 14.1. The van der Waals surface area contributed by atoms with E-state index in [2.05, 4.69) is 26.0 Å². The van der Waals surface area contributed by atoms with Gasteiger partial charge in [0.15, 0.2) is 6.29 Å². The van der Waals surface area contributed by atoms with Gasteiger partial charge in [-0.15, -0.1) is 0 Å². The van der Waals surface area contributed by atoms with Crippen molar-refractivity contribution >= 4 is 29.6 Å². The van der Waals surface area contributed by atoms with E-state index in [9.17, 15) is 39.3 Å². The molecule has 1 fully saturated rings. The lowest BCUT2D eigenvalue weighted by atomic mass is 9.96. The van der Waals surface area contributed by atoms with Gasteiger partial charge in [0.25, 0.3) is 0 Å². The van der Waals surface area contributed by atoms with Crippen LogP contribution in [0.1, 0.15) is 33.6 Å². The summed E-state index contributed by atoms with van der Waals surface area (Å²) in [6, 6.07) is -3.39. The first kappa shape index (κ1) is 33.1. The maximum Gasteiger partial charge on any atom is 0.319 e. The molecule has 1 aliphatic heterocycles. The molecule has 9 N–H and O–H groups in total. The molecule has 0 aromatic rings. The van der Waals surface area contributed by atoms with Crippen LogP contribution in [0, 0.1) is 0 Å². The number of nitrogens with two attached hydrogens (primary N) is 1. The van der Waals surface area contributed by atoms with Crippen LogP contribution in [0.4, 0.5) is 0 Å². The SMILES string of the molecule is COC(=O)CNCCCC(NC(=O)[C@H](C)NC(=O)[C@@H](C)O[C@H]1[C@H](O)[C@@H](CO)O[C@@H](O)[C@@H]1NC(C)=O)C(N)=O. The van der Waals surface area contributed by atoms with E-state index in [1.807, 2.05) is 0 Å². The quantitative estimate of drug-likeness (QED) is 0.0709. The van der Waals surface area contributed by atoms with Gasteiger partial charge >= 0.3 is 5.97 Å². The average molecular weight is 550 g/mol. The first-order valence-corrected chi connectivity index (χ1v) is 12.0. The minimum atomic E-state index is -1.63. The maximum atomic E-state index is 12.7. The third kappa shape index (κ3) is 10.5. The summed E-state index contributed by atoms with van der Waals surface area (Å²) in [5, 5.41) is 40.1. The van der Waals surface area contributed by atoms with E-state index in [4.69, 9.17) is 15.2 Å². The molecule has 8 atom stereocenters. The van der Waals surface area contributed by atoms with Crippen LogP contribution in [0.3, 0.4) is 0 Å². The molecule has 16 heteroatoms. The number of aliphatic hydroxyl groups excluding tert-OH is 3. The van der Waals surface area contributed by atoms with Crippen LogP contribution in [-0.2, 0) is 38.2 Å². The number of carbonyl (C=O) groups is 5. The van der Waals surface area contributed by atoms with Gasteiger partial charge < -0.3 is 56.5 Å². The number of carbonyl (C=O) groups excluding carboxylic acids is 5. The monoisotopic (exact) mass is 549 g/mol. The molecule has 16 nitrogen and oxygen atoms in total. The fraction of sp³-hybridized carbons (Fsp3) is 0.773. The molecule has 0 bridgehead atoms. The number of nitrogens with one attached hydrogen (secondary N) is 4. The van der Waals surface area contributed by atoms with Crippen molar-refractivity contribution in [3.05, 3.63) is 0 Å². The Balaban J connectivity index is 2.69. The van der Waals surface area contributed by atoms with Gasteiger partial charge in [-0.3, -0.25) is 24.0 Å². The fourth-order valence-electron chi connectivity index (χ4n) is 3.60. The molecule has 38 heavy (non-hydrogen) atoms. The standard InChI is InChI=1S/C22H39N5O11/c1-10(20(33)27-13(19(23)32)6-5-7-24-8-15(30)36-4)25-21(34)11(2)37-18-16(26-12(3)29)22(35)38-14(9-28)17(18)31/h10-11,13-14,16-18,22,24,28,31,35H,5-9H2,1-4H3,(H2,23,32)(H,25,34)(H,26,29)(H,27,33)/t10-,11+,13?,14+,16+,17+,18+,22+/m0/s1. The van der Waals surface area contributed by atoms with Gasteiger partial charge in [-0.05, 0) is 33.2 Å². The summed E-state index contributed by atoms with van der Waals surface area (Å²) < 4.78 is 15.2. The predicted molar refractivity (Wildman–Crippen MR) is 129 cm³/mol. The van der Waals surface area contributed by atoms with E-state index in [1.54, 1.807) is 0 Å². The van der Waals surface area contributed by atoms with Crippen LogP contribution in [0.5, 0.6) is 0 Å². The van der Waals surface area contributed by atoms with Gasteiger partial charge in [0, 0.05) is 6.92 Å². The molecule has 1 aliphatic rings. The number of primary amides is 1. The molecule has 1 rings (SSSR count). The van der Waals surface area contributed by atoms with Crippen LogP contribution < -0.4 is 27.0 Å². The van der Waals surface area contributed by atoms with Gasteiger partial charge in [-0.25, -0.2) is 0 Å². The molecule has 1 saturated heterocycles. The zero-order valence-electron chi connectivity index (χ0n) is 21.8. The van der Waals surface area contributed by atoms with Crippen LogP contribution in [0.2, 0.25) is 0 Å². The van der Waals surface area contributed by atoms with E-state index in [1.165, 1.54) is 27.9 Å². The highest BCUT2D eigenvalue weighted by Gasteiger charge is 2.47. The molecule has 0 aromatic heterocycles. The number of hydrogen-bond donors (Lipinski definition) is 8. The van der Waals surface area contributed by atoms with Crippen LogP contribution in [-0.4, -0.2) is 121 Å². The summed E-state index contributed by atoms with van der Waals surface area (Å²) in [5.41, 5.74) is 5.36. The Morgan fingerprint density at radius 3 is 2.29 bits per heavy atom. The second-order valence-electron chi connectivity index (χ2n) is 8.80. The van der Waals surface area contributed by atoms with E-state index >= 15 is 0 Å². The van der Waals surface area contributed by atoms with E-state index in [0.29, 0.717) is 13.0 Å². The second-order valence-corrected chi connectivity index (χ2v) is 8.80. The van der Waals surface area contributed by atoms with Gasteiger partial charge in [-0.1, -0.05) is 0 Å². The molecular weight excluding hydrogens is 510 g/mol. The number of esters is 1. The summed E-state index contributed by atoms with van der Waals surface area (Å²) in [5.74, 6) is -3.27. The molecular formula is C22H39N5O11. The lowest BCUT2D eigenvalue weighted by Gasteiger charge is -2.43. The summed E-state index contributed by atoms with van der Waals surface area (Å²) in [4.78, 5) is 59.6. The largest absolute Gasteiger partial charge is 0.468 e. The molecule has 0 aromatic carbocycles. The van der Waals surface area contributed by atoms with Gasteiger partial charge in [0.1, 0.15) is 42.5 Å². The molecule has 0 saturated carbocycles. The minimum Gasteiger partial charge on any atom is -0.468 e. The Morgan fingerprint density at radius 2 is 1.74 bits per heavy atom. The predicted octanol–water partition coefficient (Wildman–Crippen LogP) is -4.65. The molecule has 0 spiro atoms. The number of aliphatic hydroxyl groups is 3. The molecule has 0 aliphatic carbocycles. The number of rotatable bonds is 15. The minimum absolute atomic E-state index is 0.0104. The average Bonchev–Trinajstić information content (AvgIpc) is 2.86. The number of hydrogen-bond acceptors (Lipinski definition) is 12. The van der Waals surface area contributed by atoms with E-state index in [-0.39, 0.29) is 13.0 Å². The van der Waals surface area contributed by atoms with Crippen molar-refractivity contribution in [2.45, 2.75) is 82.4 Å². The second kappa shape index (κ2) is 16.2. The Hall–Kier alpha value is -2.89. The zero-order valence-corrected chi connectivity index (χ0v) is 21.8. The Labute approximate surface area is 219 Å². The highest BCUT2D eigenvalue weighted by molar-refractivity contribution is 5.92. The molecule has 218 valence electrons. The highest BCUT2D eigenvalue weighted by atomic mass is 16.6. The summed E-state index contributed by atoms with van der Waals surface area (Å²) in [7, 11) is 1.25. The normalized spacial score (nSPS) is 25.4. The molecule has 0 radical (unpaired) electrons. The topological polar surface area (TPSA) is 248 Å². The maximum absolute atomic E-state index is 12.7. The number of amides is 4. The fourth-order valence-corrected chi connectivity index (χ4v) is 3.60. The van der Waals surface area contributed by atoms with Crippen molar-refractivity contribution < 1.29 is 53.5 Å². The van der Waals surface area contributed by atoms with Crippen molar-refractivity contribution in [3.63, 3.8) is 0 Å². The summed E-state index contributed by atoms with van der Waals surface area (Å²) in [6.07, 6.45) is -6.41. The van der Waals surface area contributed by atoms with Crippen molar-refractivity contribution in [3.8, 4) is 0 Å². The Morgan fingerprint density at radius 1 is 1.08 bits per heavy atom. The van der Waals surface area contributed by atoms with Crippen molar-refractivity contribution in [2.24, 2.45) is 5.73 Å². The number of methoxy groups -OCH3 is 1. The molecule has 4 amide bonds. The van der Waals surface area contributed by atoms with E-state index < -0.39 is 85.0 Å². The molecule has 1 heterocycles. The van der Waals surface area contributed by atoms with Crippen LogP contribution in [0.25, 0.3) is 0 Å². The van der Waals surface area contributed by atoms with Gasteiger partial charge in [-0.2, -0.15) is 0 Å². The van der Waals surface area contributed by atoms with Gasteiger partial charge in [0.2, 0.25) is 23.6 Å². The highest BCUT2D eigenvalue weighted by Crippen LogP contribution is 2.23. The van der Waals surface area contributed by atoms with Crippen LogP contribution in [0.15, 0.2) is 0 Å². The molecule has 1 unspecified atom stereocenters. The Bertz CT molecular complexity index is 830. The number of ether oxygens (including phenoxy) is 3. The van der Waals surface area contributed by atoms with Crippen molar-refractivity contribution in [2.75, 3.05) is 26.8 Å². The zero-order chi connectivity index (χ0) is 29.0. The van der Waals surface area contributed by atoms with Crippen molar-refractivity contribution in [1.82, 2.24) is 21.3 Å². The van der Waals surface area contributed by atoms with E-state index in [0.717, 1.165) is 0 Å². The summed E-state index contributed by atoms with van der Waals surface area (Å²) >= 11 is 0. The summed E-state index contributed by atoms with van der Waals surface area (Å²) in [6.45, 7) is 3.54. The first-order valence-electron chi connectivity index (χ1n) is 12.0. The third-order valence-corrected chi connectivity index (χ3v) is 5.73. The van der Waals surface area contributed by atoms with Crippen LogP contribution >= 0.6 is 0 Å². The third-order valence-electron chi connectivity index (χ3n) is 5.73. The lowest BCUT2D eigenvalue weighted by Crippen LogP contribution is -2.65. The van der Waals surface area contributed by atoms with Crippen molar-refractivity contribution in [1.29, 1.82) is 0 Å². The van der Waals surface area contributed by atoms with Gasteiger partial charge in [0.05, 0.1) is 20.3 Å². The first-order chi connectivity index (χ1) is 17.8.